The maximum atomic E-state index is 10.7. The van der Waals surface area contributed by atoms with E-state index in [0.29, 0.717) is 12.9 Å². The molecule has 4 aromatic carbocycles. The van der Waals surface area contributed by atoms with Crippen molar-refractivity contribution < 1.29 is 19.1 Å². The highest BCUT2D eigenvalue weighted by Gasteiger charge is 2.10. The van der Waals surface area contributed by atoms with Crippen molar-refractivity contribution in [1.82, 2.24) is 0 Å². The van der Waals surface area contributed by atoms with Crippen molar-refractivity contribution in [2.45, 2.75) is 13.2 Å². The number of carbonyl (C=O) groups excluding carboxylic acids is 2. The maximum absolute atomic E-state index is 10.7. The van der Waals surface area contributed by atoms with Gasteiger partial charge in [-0.05, 0) is 62.0 Å². The van der Waals surface area contributed by atoms with E-state index in [9.17, 15) is 9.59 Å². The first-order chi connectivity index (χ1) is 13.8. The third kappa shape index (κ3) is 3.45. The Morgan fingerprint density at radius 1 is 0.607 bits per heavy atom. The minimum Gasteiger partial charge on any atom is -0.463 e. The number of carbonyl (C=O) groups is 2. The van der Waals surface area contributed by atoms with Crippen LogP contribution in [0.4, 0.5) is 0 Å². The molecule has 4 nitrogen and oxygen atoms in total. The highest BCUT2D eigenvalue weighted by molar-refractivity contribution is 6.02. The Balaban J connectivity index is 1.90. The summed E-state index contributed by atoms with van der Waals surface area (Å²) in [7, 11) is 0. The second-order valence-electron chi connectivity index (χ2n) is 6.52. The van der Waals surface area contributed by atoms with Crippen molar-refractivity contribution >= 4 is 34.5 Å². The van der Waals surface area contributed by atoms with Gasteiger partial charge in [0.15, 0.2) is 0 Å². The second-order valence-corrected chi connectivity index (χ2v) is 6.52. The average Bonchev–Trinajstić information content (AvgIpc) is 2.75. The Morgan fingerprint density at radius 3 is 1.82 bits per heavy atom. The zero-order valence-corrected chi connectivity index (χ0v) is 15.1. The molecule has 0 bridgehead atoms. The van der Waals surface area contributed by atoms with Crippen molar-refractivity contribution in [3.05, 3.63) is 83.9 Å². The lowest BCUT2D eigenvalue weighted by Crippen LogP contribution is -1.97. The number of rotatable bonds is 7. The van der Waals surface area contributed by atoms with Crippen LogP contribution in [0.3, 0.4) is 0 Å². The molecular formula is C24H18O4. The van der Waals surface area contributed by atoms with Gasteiger partial charge in [0.25, 0.3) is 12.9 Å². The summed E-state index contributed by atoms with van der Waals surface area (Å²) >= 11 is 0. The lowest BCUT2D eigenvalue weighted by atomic mass is 9.94. The van der Waals surface area contributed by atoms with Gasteiger partial charge >= 0.3 is 0 Å². The van der Waals surface area contributed by atoms with Crippen LogP contribution in [-0.4, -0.2) is 12.9 Å². The van der Waals surface area contributed by atoms with Gasteiger partial charge < -0.3 is 9.47 Å². The van der Waals surface area contributed by atoms with Gasteiger partial charge in [0, 0.05) is 0 Å². The van der Waals surface area contributed by atoms with E-state index in [1.807, 2.05) is 30.3 Å². The molecule has 0 heterocycles. The van der Waals surface area contributed by atoms with Crippen molar-refractivity contribution in [3.8, 4) is 11.1 Å². The van der Waals surface area contributed by atoms with E-state index in [4.69, 9.17) is 9.47 Å². The largest absolute Gasteiger partial charge is 0.463 e. The Labute approximate surface area is 162 Å². The summed E-state index contributed by atoms with van der Waals surface area (Å²) in [5, 5.41) is 4.14. The SMILES string of the molecule is O=COCc1ccc(COC=O)c2cc3cc(-c4ccccc4)ccc3cc12. The van der Waals surface area contributed by atoms with E-state index >= 15 is 0 Å². The number of benzene rings is 4. The van der Waals surface area contributed by atoms with Crippen LogP contribution in [0.25, 0.3) is 32.7 Å². The van der Waals surface area contributed by atoms with Crippen LogP contribution in [0.1, 0.15) is 11.1 Å². The van der Waals surface area contributed by atoms with Gasteiger partial charge in [-0.2, -0.15) is 0 Å². The van der Waals surface area contributed by atoms with Gasteiger partial charge in [-0.3, -0.25) is 9.59 Å². The molecule has 0 saturated heterocycles. The first-order valence-corrected chi connectivity index (χ1v) is 8.94. The fraction of sp³-hybridized carbons (Fsp3) is 0.0833. The smallest absolute Gasteiger partial charge is 0.293 e. The van der Waals surface area contributed by atoms with Crippen molar-refractivity contribution in [1.29, 1.82) is 0 Å². The molecular weight excluding hydrogens is 352 g/mol. The minimum atomic E-state index is 0.193. The molecule has 138 valence electrons. The van der Waals surface area contributed by atoms with E-state index in [0.717, 1.165) is 43.8 Å². The molecule has 0 aromatic heterocycles. The molecule has 0 atom stereocenters. The molecule has 0 aliphatic carbocycles. The highest BCUT2D eigenvalue weighted by Crippen LogP contribution is 2.31. The van der Waals surface area contributed by atoms with Gasteiger partial charge in [0.05, 0.1) is 0 Å². The quantitative estimate of drug-likeness (QED) is 0.339. The van der Waals surface area contributed by atoms with E-state index < -0.39 is 0 Å². The Hall–Kier alpha value is -3.66. The third-order valence-electron chi connectivity index (χ3n) is 4.88. The lowest BCUT2D eigenvalue weighted by molar-refractivity contribution is -0.130. The molecule has 0 unspecified atom stereocenters. The standard InChI is InChI=1S/C24H18O4/c25-15-27-13-20-8-9-21(14-28-16-26)24-12-22-10-18(17-4-2-1-3-5-17)6-7-19(22)11-23(20)24/h1-12,15-16H,13-14H2. The topological polar surface area (TPSA) is 52.6 Å². The Kier molecular flexibility index (Phi) is 5.02. The molecule has 0 aliphatic heterocycles. The fourth-order valence-corrected chi connectivity index (χ4v) is 3.52. The van der Waals surface area contributed by atoms with Crippen LogP contribution in [0.2, 0.25) is 0 Å². The van der Waals surface area contributed by atoms with Crippen LogP contribution >= 0.6 is 0 Å². The molecule has 4 aromatic rings. The summed E-state index contributed by atoms with van der Waals surface area (Å²) in [6, 6.07) is 24.6. The summed E-state index contributed by atoms with van der Waals surface area (Å²) in [6.45, 7) is 1.29. The lowest BCUT2D eigenvalue weighted by Gasteiger charge is -2.13. The predicted octanol–water partition coefficient (Wildman–Crippen LogP) is 5.01. The Morgan fingerprint density at radius 2 is 1.21 bits per heavy atom. The van der Waals surface area contributed by atoms with Gasteiger partial charge in [-0.1, -0.05) is 54.6 Å². The number of hydrogen-bond donors (Lipinski definition) is 0. The van der Waals surface area contributed by atoms with Gasteiger partial charge in [-0.25, -0.2) is 0 Å². The summed E-state index contributed by atoms with van der Waals surface area (Å²) in [4.78, 5) is 21.3. The van der Waals surface area contributed by atoms with E-state index in [-0.39, 0.29) is 13.2 Å². The maximum Gasteiger partial charge on any atom is 0.293 e. The van der Waals surface area contributed by atoms with Crippen molar-refractivity contribution in [2.24, 2.45) is 0 Å². The first-order valence-electron chi connectivity index (χ1n) is 8.94. The van der Waals surface area contributed by atoms with Crippen LogP contribution < -0.4 is 0 Å². The average molecular weight is 370 g/mol. The van der Waals surface area contributed by atoms with Crippen molar-refractivity contribution in [3.63, 3.8) is 0 Å². The number of hydrogen-bond acceptors (Lipinski definition) is 4. The molecule has 0 radical (unpaired) electrons. The molecule has 0 fully saturated rings. The third-order valence-corrected chi connectivity index (χ3v) is 4.88. The van der Waals surface area contributed by atoms with Crippen LogP contribution in [0.15, 0.2) is 72.8 Å². The summed E-state index contributed by atoms with van der Waals surface area (Å²) in [6.07, 6.45) is 0. The summed E-state index contributed by atoms with van der Waals surface area (Å²) in [5.74, 6) is 0. The molecule has 0 aliphatic rings. The van der Waals surface area contributed by atoms with Gasteiger partial charge in [-0.15, -0.1) is 0 Å². The molecule has 0 N–H and O–H groups in total. The molecule has 28 heavy (non-hydrogen) atoms. The van der Waals surface area contributed by atoms with Crippen molar-refractivity contribution in [2.75, 3.05) is 0 Å². The summed E-state index contributed by atoms with van der Waals surface area (Å²) < 4.78 is 9.96. The van der Waals surface area contributed by atoms with E-state index in [2.05, 4.69) is 42.5 Å². The minimum absolute atomic E-state index is 0.193. The first kappa shape index (κ1) is 17.7. The predicted molar refractivity (Wildman–Crippen MR) is 109 cm³/mol. The second kappa shape index (κ2) is 7.92. The molecule has 4 heteroatoms. The van der Waals surface area contributed by atoms with Crippen LogP contribution in [0, 0.1) is 0 Å². The highest BCUT2D eigenvalue weighted by atomic mass is 16.5. The molecule has 0 amide bonds. The fourth-order valence-electron chi connectivity index (χ4n) is 3.52. The summed E-state index contributed by atoms with van der Waals surface area (Å²) in [5.41, 5.74) is 4.11. The van der Waals surface area contributed by atoms with Gasteiger partial charge in [0.2, 0.25) is 0 Å². The Bertz CT molecular complexity index is 1150. The zero-order valence-electron chi connectivity index (χ0n) is 15.1. The molecule has 0 spiro atoms. The van der Waals surface area contributed by atoms with Gasteiger partial charge in [0.1, 0.15) is 13.2 Å². The van der Waals surface area contributed by atoms with Crippen LogP contribution in [-0.2, 0) is 32.3 Å². The number of fused-ring (bicyclic) bond motifs is 2. The normalized spacial score (nSPS) is 10.7. The monoisotopic (exact) mass is 370 g/mol. The van der Waals surface area contributed by atoms with E-state index in [1.54, 1.807) is 0 Å². The van der Waals surface area contributed by atoms with E-state index in [1.165, 1.54) is 0 Å². The van der Waals surface area contributed by atoms with Crippen LogP contribution in [0.5, 0.6) is 0 Å². The molecule has 4 rings (SSSR count). The number of ether oxygens (including phenoxy) is 2. The molecule has 0 saturated carbocycles. The zero-order chi connectivity index (χ0) is 19.3.